The highest BCUT2D eigenvalue weighted by molar-refractivity contribution is 6.30. The van der Waals surface area contributed by atoms with Crippen LogP contribution < -0.4 is 5.32 Å². The van der Waals surface area contributed by atoms with Gasteiger partial charge >= 0.3 is 0 Å². The second-order valence-electron chi connectivity index (χ2n) is 4.12. The van der Waals surface area contributed by atoms with Gasteiger partial charge in [-0.1, -0.05) is 35.9 Å². The molecule has 0 atom stereocenters. The van der Waals surface area contributed by atoms with Gasteiger partial charge in [0.15, 0.2) is 0 Å². The first kappa shape index (κ1) is 13.5. The second-order valence-corrected chi connectivity index (χ2v) is 4.56. The lowest BCUT2D eigenvalue weighted by molar-refractivity contribution is 0.585. The van der Waals surface area contributed by atoms with E-state index in [0.29, 0.717) is 23.7 Å². The van der Waals surface area contributed by atoms with Crippen LogP contribution in [0.5, 0.6) is 0 Å². The zero-order valence-electron chi connectivity index (χ0n) is 10.2. The molecule has 0 bridgehead atoms. The van der Waals surface area contributed by atoms with E-state index in [1.165, 1.54) is 6.07 Å². The lowest BCUT2D eigenvalue weighted by Gasteiger charge is -2.07. The molecule has 0 aliphatic rings. The Morgan fingerprint density at radius 3 is 2.53 bits per heavy atom. The number of nitrogens with zero attached hydrogens (tertiary/aromatic N) is 1. The molecule has 1 N–H and O–H groups in total. The average Bonchev–Trinajstić information content (AvgIpc) is 2.43. The summed E-state index contributed by atoms with van der Waals surface area (Å²) >= 11 is 5.80. The van der Waals surface area contributed by atoms with Crippen LogP contribution in [0.2, 0.25) is 5.02 Å². The highest BCUT2D eigenvalue weighted by atomic mass is 35.5. The lowest BCUT2D eigenvalue weighted by Crippen LogP contribution is -2.14. The number of halogens is 2. The third-order valence-electron chi connectivity index (χ3n) is 2.76. The number of nitriles is 1. The van der Waals surface area contributed by atoms with Crippen LogP contribution in [0, 0.1) is 17.1 Å². The maximum absolute atomic E-state index is 13.8. The van der Waals surface area contributed by atoms with Crippen molar-refractivity contribution in [3.05, 3.63) is 70.0 Å². The van der Waals surface area contributed by atoms with Gasteiger partial charge in [0.25, 0.3) is 0 Å². The van der Waals surface area contributed by atoms with Gasteiger partial charge in [0.1, 0.15) is 11.9 Å². The minimum atomic E-state index is -0.450. The first-order chi connectivity index (χ1) is 9.20. The summed E-state index contributed by atoms with van der Waals surface area (Å²) in [5.74, 6) is -0.450. The molecule has 4 heteroatoms. The minimum Gasteiger partial charge on any atom is -0.309 e. The van der Waals surface area contributed by atoms with E-state index in [4.69, 9.17) is 16.9 Å². The second kappa shape index (κ2) is 6.33. The van der Waals surface area contributed by atoms with Crippen LogP contribution in [0.15, 0.2) is 42.5 Å². The lowest BCUT2D eigenvalue weighted by atomic mass is 10.1. The standard InChI is InChI=1S/C15H12ClFN2/c16-14-6-4-11(5-7-14)9-19-10-13-3-1-2-12(8-18)15(13)17/h1-7,19H,9-10H2. The topological polar surface area (TPSA) is 35.8 Å². The van der Waals surface area contributed by atoms with E-state index in [1.54, 1.807) is 12.1 Å². The first-order valence-corrected chi connectivity index (χ1v) is 6.21. The Morgan fingerprint density at radius 1 is 1.11 bits per heavy atom. The Morgan fingerprint density at radius 2 is 1.84 bits per heavy atom. The fourth-order valence-corrected chi connectivity index (χ4v) is 1.87. The smallest absolute Gasteiger partial charge is 0.145 e. The van der Waals surface area contributed by atoms with Gasteiger partial charge in [0.05, 0.1) is 5.56 Å². The van der Waals surface area contributed by atoms with Gasteiger partial charge < -0.3 is 5.32 Å². The molecule has 2 aromatic carbocycles. The third-order valence-corrected chi connectivity index (χ3v) is 3.01. The molecule has 2 nitrogen and oxygen atoms in total. The van der Waals surface area contributed by atoms with Crippen LogP contribution in [-0.4, -0.2) is 0 Å². The Kier molecular flexibility index (Phi) is 4.51. The number of nitrogens with one attached hydrogen (secondary N) is 1. The SMILES string of the molecule is N#Cc1cccc(CNCc2ccc(Cl)cc2)c1F. The van der Waals surface area contributed by atoms with Gasteiger partial charge in [-0.25, -0.2) is 4.39 Å². The Hall–Kier alpha value is -1.89. The largest absolute Gasteiger partial charge is 0.309 e. The van der Waals surface area contributed by atoms with Gasteiger partial charge in [-0.15, -0.1) is 0 Å². The number of hydrogen-bond acceptors (Lipinski definition) is 2. The van der Waals surface area contributed by atoms with Crippen molar-refractivity contribution < 1.29 is 4.39 Å². The molecule has 96 valence electrons. The molecule has 0 spiro atoms. The molecular formula is C15H12ClFN2. The van der Waals surface area contributed by atoms with Crippen LogP contribution in [0.3, 0.4) is 0 Å². The number of hydrogen-bond donors (Lipinski definition) is 1. The summed E-state index contributed by atoms with van der Waals surface area (Å²) in [7, 11) is 0. The summed E-state index contributed by atoms with van der Waals surface area (Å²) in [6.07, 6.45) is 0. The molecule has 2 aromatic rings. The highest BCUT2D eigenvalue weighted by Gasteiger charge is 2.06. The van der Waals surface area contributed by atoms with Crippen molar-refractivity contribution in [2.75, 3.05) is 0 Å². The molecule has 0 saturated carbocycles. The summed E-state index contributed by atoms with van der Waals surface area (Å²) in [6.45, 7) is 0.997. The van der Waals surface area contributed by atoms with Crippen molar-refractivity contribution in [1.29, 1.82) is 5.26 Å². The molecule has 0 aliphatic carbocycles. The van der Waals surface area contributed by atoms with Crippen molar-refractivity contribution >= 4 is 11.6 Å². The maximum atomic E-state index is 13.8. The molecule has 0 fully saturated rings. The Bertz CT molecular complexity index is 603. The van der Waals surface area contributed by atoms with Crippen molar-refractivity contribution in [3.8, 4) is 6.07 Å². The molecule has 0 radical (unpaired) electrons. The predicted molar refractivity (Wildman–Crippen MR) is 73.1 cm³/mol. The van der Waals surface area contributed by atoms with Crippen LogP contribution in [-0.2, 0) is 13.1 Å². The van der Waals surface area contributed by atoms with Gasteiger partial charge in [-0.3, -0.25) is 0 Å². The molecule has 0 aromatic heterocycles. The van der Waals surface area contributed by atoms with Gasteiger partial charge in [-0.05, 0) is 23.8 Å². The van der Waals surface area contributed by atoms with Crippen LogP contribution in [0.25, 0.3) is 0 Å². The van der Waals surface area contributed by atoms with Crippen molar-refractivity contribution in [1.82, 2.24) is 5.32 Å². The quantitative estimate of drug-likeness (QED) is 0.924. The number of benzene rings is 2. The number of rotatable bonds is 4. The Labute approximate surface area is 116 Å². The van der Waals surface area contributed by atoms with Crippen LogP contribution in [0.1, 0.15) is 16.7 Å². The van der Waals surface area contributed by atoms with E-state index in [9.17, 15) is 4.39 Å². The molecule has 0 unspecified atom stereocenters. The molecule has 0 saturated heterocycles. The highest BCUT2D eigenvalue weighted by Crippen LogP contribution is 2.13. The van der Waals surface area contributed by atoms with Crippen molar-refractivity contribution in [3.63, 3.8) is 0 Å². The zero-order chi connectivity index (χ0) is 13.7. The summed E-state index contributed by atoms with van der Waals surface area (Å²) in [4.78, 5) is 0. The zero-order valence-corrected chi connectivity index (χ0v) is 10.9. The van der Waals surface area contributed by atoms with E-state index in [1.807, 2.05) is 30.3 Å². The third kappa shape index (κ3) is 3.54. The maximum Gasteiger partial charge on any atom is 0.145 e. The van der Waals surface area contributed by atoms with E-state index < -0.39 is 5.82 Å². The van der Waals surface area contributed by atoms with E-state index in [0.717, 1.165) is 5.56 Å². The molecule has 2 rings (SSSR count). The first-order valence-electron chi connectivity index (χ1n) is 5.83. The van der Waals surface area contributed by atoms with Crippen molar-refractivity contribution in [2.45, 2.75) is 13.1 Å². The molecule has 19 heavy (non-hydrogen) atoms. The molecule has 0 amide bonds. The van der Waals surface area contributed by atoms with E-state index >= 15 is 0 Å². The summed E-state index contributed by atoms with van der Waals surface area (Å²) in [5, 5.41) is 12.6. The predicted octanol–water partition coefficient (Wildman–Crippen LogP) is 3.64. The summed E-state index contributed by atoms with van der Waals surface area (Å²) in [5.41, 5.74) is 1.64. The fraction of sp³-hybridized carbons (Fsp3) is 0.133. The summed E-state index contributed by atoms with van der Waals surface area (Å²) in [6, 6.07) is 14.1. The molecular weight excluding hydrogens is 263 g/mol. The Balaban J connectivity index is 1.96. The van der Waals surface area contributed by atoms with E-state index in [2.05, 4.69) is 5.32 Å². The monoisotopic (exact) mass is 274 g/mol. The fourth-order valence-electron chi connectivity index (χ4n) is 1.75. The molecule has 0 aliphatic heterocycles. The van der Waals surface area contributed by atoms with Crippen molar-refractivity contribution in [2.24, 2.45) is 0 Å². The average molecular weight is 275 g/mol. The molecule has 0 heterocycles. The summed E-state index contributed by atoms with van der Waals surface area (Å²) < 4.78 is 13.8. The van der Waals surface area contributed by atoms with Gasteiger partial charge in [0, 0.05) is 23.7 Å². The minimum absolute atomic E-state index is 0.0748. The van der Waals surface area contributed by atoms with Crippen LogP contribution in [0.4, 0.5) is 4.39 Å². The van der Waals surface area contributed by atoms with E-state index in [-0.39, 0.29) is 5.56 Å². The van der Waals surface area contributed by atoms with Gasteiger partial charge in [0.2, 0.25) is 0 Å². The van der Waals surface area contributed by atoms with Crippen LogP contribution >= 0.6 is 11.6 Å². The van der Waals surface area contributed by atoms with Gasteiger partial charge in [-0.2, -0.15) is 5.26 Å². The normalized spacial score (nSPS) is 10.2.